The van der Waals surface area contributed by atoms with Crippen LogP contribution < -0.4 is 0 Å². The van der Waals surface area contributed by atoms with Crippen molar-refractivity contribution in [2.75, 3.05) is 6.61 Å². The summed E-state index contributed by atoms with van der Waals surface area (Å²) in [6, 6.07) is 0. The predicted octanol–water partition coefficient (Wildman–Crippen LogP) is 5.03. The highest BCUT2D eigenvalue weighted by molar-refractivity contribution is 5.82. The van der Waals surface area contributed by atoms with Gasteiger partial charge in [-0.2, -0.15) is 0 Å². The van der Waals surface area contributed by atoms with Crippen molar-refractivity contribution in [3.63, 3.8) is 0 Å². The summed E-state index contributed by atoms with van der Waals surface area (Å²) in [4.78, 5) is 11.2. The fraction of sp³-hybridized carbons (Fsp3) is 0.812. The summed E-state index contributed by atoms with van der Waals surface area (Å²) in [5.41, 5.74) is 1.14. The summed E-state index contributed by atoms with van der Waals surface area (Å²) < 4.78 is 4.88. The summed E-state index contributed by atoms with van der Waals surface area (Å²) in [6.07, 6.45) is 13.3. The molecule has 18 heavy (non-hydrogen) atoms. The monoisotopic (exact) mass is 254 g/mol. The molecule has 0 aromatic rings. The van der Waals surface area contributed by atoms with Crippen LogP contribution in [-0.4, -0.2) is 12.6 Å². The predicted molar refractivity (Wildman–Crippen MR) is 77.6 cm³/mol. The highest BCUT2D eigenvalue weighted by atomic mass is 16.5. The van der Waals surface area contributed by atoms with Gasteiger partial charge in [-0.3, -0.25) is 0 Å². The van der Waals surface area contributed by atoms with E-state index in [-0.39, 0.29) is 5.97 Å². The second kappa shape index (κ2) is 12.7. The molecule has 0 unspecified atom stereocenters. The summed E-state index contributed by atoms with van der Waals surface area (Å²) in [5.74, 6) is -0.199. The Labute approximate surface area is 113 Å². The lowest BCUT2D eigenvalue weighted by Gasteiger charge is -2.03. The first-order valence-corrected chi connectivity index (χ1v) is 7.54. The quantitative estimate of drug-likeness (QED) is 0.294. The van der Waals surface area contributed by atoms with Gasteiger partial charge < -0.3 is 4.74 Å². The zero-order valence-corrected chi connectivity index (χ0v) is 12.5. The van der Waals surface area contributed by atoms with Crippen molar-refractivity contribution in [3.8, 4) is 0 Å². The van der Waals surface area contributed by atoms with E-state index in [9.17, 15) is 4.79 Å². The topological polar surface area (TPSA) is 26.3 Å². The molecule has 0 bridgehead atoms. The van der Waals surface area contributed by atoms with E-state index in [0.717, 1.165) is 12.0 Å². The van der Waals surface area contributed by atoms with E-state index in [1.165, 1.54) is 51.4 Å². The smallest absolute Gasteiger partial charge is 0.330 e. The third-order valence-corrected chi connectivity index (χ3v) is 3.08. The minimum Gasteiger partial charge on any atom is -0.463 e. The van der Waals surface area contributed by atoms with Gasteiger partial charge in [0.25, 0.3) is 0 Å². The van der Waals surface area contributed by atoms with E-state index in [4.69, 9.17) is 4.74 Å². The SMILES string of the molecule is CCCCCCCCCC/C(C)=C\C(=O)OCC. The number of esters is 1. The van der Waals surface area contributed by atoms with Gasteiger partial charge in [0.2, 0.25) is 0 Å². The van der Waals surface area contributed by atoms with Crippen molar-refractivity contribution in [1.82, 2.24) is 0 Å². The maximum absolute atomic E-state index is 11.2. The van der Waals surface area contributed by atoms with Gasteiger partial charge in [0, 0.05) is 6.08 Å². The Hall–Kier alpha value is -0.790. The normalized spacial score (nSPS) is 11.6. The molecule has 0 N–H and O–H groups in total. The Balaban J connectivity index is 3.40. The molecule has 0 spiro atoms. The Morgan fingerprint density at radius 3 is 2.06 bits per heavy atom. The number of hydrogen-bond acceptors (Lipinski definition) is 2. The second-order valence-corrected chi connectivity index (χ2v) is 4.97. The molecule has 0 rings (SSSR count). The molecule has 0 saturated heterocycles. The van der Waals surface area contributed by atoms with E-state index in [1.54, 1.807) is 6.08 Å². The number of carbonyl (C=O) groups is 1. The van der Waals surface area contributed by atoms with Gasteiger partial charge in [-0.15, -0.1) is 0 Å². The van der Waals surface area contributed by atoms with Gasteiger partial charge in [-0.1, -0.05) is 57.4 Å². The first-order valence-electron chi connectivity index (χ1n) is 7.54. The number of unbranched alkanes of at least 4 members (excludes halogenated alkanes) is 7. The summed E-state index contributed by atoms with van der Waals surface area (Å²) in [7, 11) is 0. The zero-order valence-electron chi connectivity index (χ0n) is 12.5. The molecule has 2 heteroatoms. The minimum atomic E-state index is -0.199. The van der Waals surface area contributed by atoms with Gasteiger partial charge in [-0.25, -0.2) is 4.79 Å². The van der Waals surface area contributed by atoms with Crippen LogP contribution in [0.4, 0.5) is 0 Å². The first-order chi connectivity index (χ1) is 8.70. The molecule has 0 fully saturated rings. The van der Waals surface area contributed by atoms with Gasteiger partial charge in [0.15, 0.2) is 0 Å². The molecule has 0 aromatic carbocycles. The first kappa shape index (κ1) is 17.2. The molecule has 2 nitrogen and oxygen atoms in total. The molecule has 106 valence electrons. The number of hydrogen-bond donors (Lipinski definition) is 0. The van der Waals surface area contributed by atoms with Crippen LogP contribution in [0.5, 0.6) is 0 Å². The average Bonchev–Trinajstić information content (AvgIpc) is 2.32. The molecule has 0 aliphatic carbocycles. The Morgan fingerprint density at radius 2 is 1.50 bits per heavy atom. The van der Waals surface area contributed by atoms with E-state index in [2.05, 4.69) is 6.92 Å². The molecule has 0 atom stereocenters. The third-order valence-electron chi connectivity index (χ3n) is 3.08. The van der Waals surface area contributed by atoms with Crippen molar-refractivity contribution in [2.45, 2.75) is 78.6 Å². The van der Waals surface area contributed by atoms with Crippen LogP contribution in [0.2, 0.25) is 0 Å². The maximum atomic E-state index is 11.2. The summed E-state index contributed by atoms with van der Waals surface area (Å²) in [6.45, 7) is 6.55. The summed E-state index contributed by atoms with van der Waals surface area (Å²) in [5, 5.41) is 0. The molecule has 0 saturated carbocycles. The van der Waals surface area contributed by atoms with Crippen LogP contribution in [0, 0.1) is 0 Å². The van der Waals surface area contributed by atoms with E-state index in [0.29, 0.717) is 6.61 Å². The number of allylic oxidation sites excluding steroid dienone is 1. The van der Waals surface area contributed by atoms with Crippen LogP contribution in [0.15, 0.2) is 11.6 Å². The van der Waals surface area contributed by atoms with Crippen LogP contribution >= 0.6 is 0 Å². The maximum Gasteiger partial charge on any atom is 0.330 e. The molecule has 0 heterocycles. The minimum absolute atomic E-state index is 0.199. The van der Waals surface area contributed by atoms with E-state index >= 15 is 0 Å². The van der Waals surface area contributed by atoms with Crippen LogP contribution in [0.1, 0.15) is 78.6 Å². The fourth-order valence-electron chi connectivity index (χ4n) is 2.00. The molecule has 0 radical (unpaired) electrons. The lowest BCUT2D eigenvalue weighted by atomic mass is 10.0. The van der Waals surface area contributed by atoms with Crippen LogP contribution in [0.25, 0.3) is 0 Å². The van der Waals surface area contributed by atoms with Crippen molar-refractivity contribution in [3.05, 3.63) is 11.6 Å². The molecular weight excluding hydrogens is 224 g/mol. The number of ether oxygens (including phenoxy) is 1. The van der Waals surface area contributed by atoms with Gasteiger partial charge in [-0.05, 0) is 26.7 Å². The van der Waals surface area contributed by atoms with Gasteiger partial charge >= 0.3 is 5.97 Å². The number of carbonyl (C=O) groups excluding carboxylic acids is 1. The fourth-order valence-corrected chi connectivity index (χ4v) is 2.00. The zero-order chi connectivity index (χ0) is 13.6. The largest absolute Gasteiger partial charge is 0.463 e. The van der Waals surface area contributed by atoms with Crippen molar-refractivity contribution in [2.24, 2.45) is 0 Å². The molecule has 0 aliphatic rings. The van der Waals surface area contributed by atoms with E-state index in [1.807, 2.05) is 13.8 Å². The lowest BCUT2D eigenvalue weighted by molar-refractivity contribution is -0.137. The lowest BCUT2D eigenvalue weighted by Crippen LogP contribution is -2.00. The standard InChI is InChI=1S/C16H30O2/c1-4-6-7-8-9-10-11-12-13-15(3)14-16(17)18-5-2/h14H,4-13H2,1-3H3/b15-14-. The molecule has 0 aromatic heterocycles. The third kappa shape index (κ3) is 11.7. The number of rotatable bonds is 11. The van der Waals surface area contributed by atoms with Gasteiger partial charge in [0.05, 0.1) is 6.61 Å². The summed E-state index contributed by atoms with van der Waals surface area (Å²) >= 11 is 0. The highest BCUT2D eigenvalue weighted by Gasteiger charge is 1.98. The van der Waals surface area contributed by atoms with Crippen molar-refractivity contribution < 1.29 is 9.53 Å². The van der Waals surface area contributed by atoms with E-state index < -0.39 is 0 Å². The van der Waals surface area contributed by atoms with Crippen LogP contribution in [-0.2, 0) is 9.53 Å². The molecule has 0 amide bonds. The second-order valence-electron chi connectivity index (χ2n) is 4.97. The Bertz CT molecular complexity index is 231. The van der Waals surface area contributed by atoms with Crippen LogP contribution in [0.3, 0.4) is 0 Å². The molecule has 0 aliphatic heterocycles. The molecular formula is C16H30O2. The average molecular weight is 254 g/mol. The van der Waals surface area contributed by atoms with Crippen molar-refractivity contribution in [1.29, 1.82) is 0 Å². The Kier molecular flexibility index (Phi) is 12.1. The Morgan fingerprint density at radius 1 is 0.944 bits per heavy atom. The van der Waals surface area contributed by atoms with Gasteiger partial charge in [0.1, 0.15) is 0 Å². The van der Waals surface area contributed by atoms with Crippen molar-refractivity contribution >= 4 is 5.97 Å². The highest BCUT2D eigenvalue weighted by Crippen LogP contribution is 2.12.